The van der Waals surface area contributed by atoms with Crippen LogP contribution in [0, 0.1) is 59.2 Å². The second-order valence-electron chi connectivity index (χ2n) is 21.3. The second-order valence-corrected chi connectivity index (χ2v) is 21.3. The van der Waals surface area contributed by atoms with Gasteiger partial charge in [0, 0.05) is 0 Å². The lowest BCUT2D eigenvalue weighted by Crippen LogP contribution is -1.91. The Labute approximate surface area is 388 Å². The lowest BCUT2D eigenvalue weighted by Gasteiger charge is -2.02. The monoisotopic (exact) mass is 845 g/mol. The van der Waals surface area contributed by atoms with Crippen LogP contribution in [0.15, 0.2) is 133 Å². The molecule has 0 aliphatic heterocycles. The summed E-state index contributed by atoms with van der Waals surface area (Å²) in [6.45, 7) is 44.0. The summed E-state index contributed by atoms with van der Waals surface area (Å²) in [6, 6.07) is 42.5. The zero-order valence-corrected chi connectivity index (χ0v) is 44.2. The third kappa shape index (κ3) is 39.2. The first-order valence-electron chi connectivity index (χ1n) is 24.6. The van der Waals surface area contributed by atoms with E-state index in [1.165, 1.54) is 35.1 Å². The Morgan fingerprint density at radius 1 is 0.323 bits per heavy atom. The van der Waals surface area contributed by atoms with Crippen LogP contribution in [0.2, 0.25) is 0 Å². The molecule has 4 unspecified atom stereocenters. The number of rotatable bonds is 8. The smallest absolute Gasteiger partial charge is 0.0128 e. The number of hydrogen-bond donors (Lipinski definition) is 0. The van der Waals surface area contributed by atoms with Crippen LogP contribution in [-0.2, 0) is 0 Å². The van der Waals surface area contributed by atoms with Gasteiger partial charge in [-0.3, -0.25) is 0 Å². The molecule has 6 rings (SSSR count). The van der Waals surface area contributed by atoms with E-state index in [0.717, 1.165) is 59.2 Å². The first-order valence-corrected chi connectivity index (χ1v) is 24.6. The summed E-state index contributed by atoms with van der Waals surface area (Å²) < 4.78 is 0. The third-order valence-corrected chi connectivity index (χ3v) is 8.79. The molecule has 0 heterocycles. The third-order valence-electron chi connectivity index (χ3n) is 8.79. The number of hydrogen-bond acceptors (Lipinski definition) is 0. The van der Waals surface area contributed by atoms with Gasteiger partial charge in [0.05, 0.1) is 0 Å². The average Bonchev–Trinajstić information content (AvgIpc) is 4.13. The predicted octanol–water partition coefficient (Wildman–Crippen LogP) is 20.3. The van der Waals surface area contributed by atoms with Crippen molar-refractivity contribution in [1.82, 2.24) is 0 Å². The van der Waals surface area contributed by atoms with Gasteiger partial charge in [0.2, 0.25) is 0 Å². The largest absolute Gasteiger partial charge is 0.0814 e. The first kappa shape index (κ1) is 60.4. The molecule has 2 aliphatic rings. The van der Waals surface area contributed by atoms with Crippen LogP contribution < -0.4 is 0 Å². The van der Waals surface area contributed by atoms with Gasteiger partial charge in [0.15, 0.2) is 0 Å². The predicted molar refractivity (Wildman–Crippen MR) is 287 cm³/mol. The minimum Gasteiger partial charge on any atom is -0.0814 e. The molecule has 2 fully saturated rings. The lowest BCUT2D eigenvalue weighted by atomic mass is 10.0. The van der Waals surface area contributed by atoms with Crippen LogP contribution in [-0.4, -0.2) is 0 Å². The molecule has 2 saturated carbocycles. The van der Waals surface area contributed by atoms with E-state index in [1.54, 1.807) is 0 Å². The Bertz CT molecular complexity index is 1420. The molecule has 0 amide bonds. The molecule has 0 bridgehead atoms. The van der Waals surface area contributed by atoms with Crippen LogP contribution in [0.25, 0.3) is 12.2 Å². The highest BCUT2D eigenvalue weighted by Gasteiger charge is 2.40. The van der Waals surface area contributed by atoms with Crippen molar-refractivity contribution in [2.75, 3.05) is 0 Å². The minimum atomic E-state index is 0.634. The van der Waals surface area contributed by atoms with E-state index in [4.69, 9.17) is 0 Å². The molecule has 0 heteroatoms. The van der Waals surface area contributed by atoms with E-state index in [0.29, 0.717) is 11.8 Å². The first-order chi connectivity index (χ1) is 29.1. The molecule has 0 spiro atoms. The van der Waals surface area contributed by atoms with Crippen molar-refractivity contribution in [2.45, 2.75) is 163 Å². The van der Waals surface area contributed by atoms with Crippen LogP contribution in [0.5, 0.6) is 0 Å². The average molecular weight is 845 g/mol. The number of benzene rings is 4. The maximum Gasteiger partial charge on any atom is -0.0128 e. The van der Waals surface area contributed by atoms with Gasteiger partial charge in [0.25, 0.3) is 0 Å². The zero-order chi connectivity index (χ0) is 47.6. The molecule has 4 aromatic rings. The molecule has 0 N–H and O–H groups in total. The highest BCUT2D eigenvalue weighted by molar-refractivity contribution is 5.49. The standard InChI is InChI=1S/2C12H16.2C11H14.4C4H10/c2*1-9(2)11-8-12(11)10-6-4-3-5-7-10;2*1-10(2)8-9-11-6-4-3-5-7-11;4*1-4(2)3/h2*3-7,9,11-12H,8H2,1-2H3;2*3-10H,1-2H3;4*4H,1-3H3/b;;2*9-8+;;;;. The molecule has 0 radical (unpaired) electrons. The van der Waals surface area contributed by atoms with Crippen LogP contribution >= 0.6 is 0 Å². The summed E-state index contributed by atoms with van der Waals surface area (Å²) in [5, 5.41) is 0. The van der Waals surface area contributed by atoms with Crippen molar-refractivity contribution >= 4 is 12.2 Å². The molecular formula is C62H100. The van der Waals surface area contributed by atoms with Crippen molar-refractivity contribution in [1.29, 1.82) is 0 Å². The summed E-state index contributed by atoms with van der Waals surface area (Å²) >= 11 is 0. The van der Waals surface area contributed by atoms with E-state index < -0.39 is 0 Å². The minimum absolute atomic E-state index is 0.634. The Kier molecular flexibility index (Phi) is 35.9. The Morgan fingerprint density at radius 3 is 0.710 bits per heavy atom. The molecular weight excluding hydrogens is 745 g/mol. The summed E-state index contributed by atoms with van der Waals surface area (Å²) in [6.07, 6.45) is 11.5. The lowest BCUT2D eigenvalue weighted by molar-refractivity contribution is 0.549. The van der Waals surface area contributed by atoms with E-state index >= 15 is 0 Å². The molecule has 4 atom stereocenters. The molecule has 0 nitrogen and oxygen atoms in total. The maximum atomic E-state index is 2.33. The van der Waals surface area contributed by atoms with Crippen LogP contribution in [0.1, 0.15) is 185 Å². The van der Waals surface area contributed by atoms with Gasteiger partial charge in [-0.05, 0) is 106 Å². The van der Waals surface area contributed by atoms with E-state index in [9.17, 15) is 0 Å². The zero-order valence-electron chi connectivity index (χ0n) is 44.2. The molecule has 62 heavy (non-hydrogen) atoms. The molecule has 0 saturated heterocycles. The van der Waals surface area contributed by atoms with Crippen molar-refractivity contribution in [3.8, 4) is 0 Å². The molecule has 2 aliphatic carbocycles. The second kappa shape index (κ2) is 36.8. The van der Waals surface area contributed by atoms with Gasteiger partial charge < -0.3 is 0 Å². The highest BCUT2D eigenvalue weighted by Crippen LogP contribution is 2.52. The summed E-state index contributed by atoms with van der Waals surface area (Å²) in [7, 11) is 0. The Morgan fingerprint density at radius 2 is 0.532 bits per heavy atom. The SMILES string of the molecule is CC(C)/C=C/c1ccccc1.CC(C)/C=C/c1ccccc1.CC(C)C.CC(C)C.CC(C)C.CC(C)C.CC(C)C1CC1c1ccccc1.CC(C)C1CC1c1ccccc1. The topological polar surface area (TPSA) is 0 Å². The van der Waals surface area contributed by atoms with Gasteiger partial charge in [-0.25, -0.2) is 0 Å². The maximum absolute atomic E-state index is 2.33. The van der Waals surface area contributed by atoms with Gasteiger partial charge in [0.1, 0.15) is 0 Å². The fourth-order valence-corrected chi connectivity index (χ4v) is 5.81. The fourth-order valence-electron chi connectivity index (χ4n) is 5.81. The Balaban J connectivity index is 0. The van der Waals surface area contributed by atoms with E-state index in [2.05, 4.69) is 272 Å². The van der Waals surface area contributed by atoms with Crippen molar-refractivity contribution in [2.24, 2.45) is 59.2 Å². The molecule has 0 aromatic heterocycles. The quantitative estimate of drug-likeness (QED) is 0.166. The normalized spacial score (nSPS) is 17.0. The van der Waals surface area contributed by atoms with Gasteiger partial charge in [-0.15, -0.1) is 0 Å². The highest BCUT2D eigenvalue weighted by atomic mass is 14.4. The van der Waals surface area contributed by atoms with Gasteiger partial charge in [-0.2, -0.15) is 0 Å². The molecule has 348 valence electrons. The Hall–Kier alpha value is -3.64. The summed E-state index contributed by atoms with van der Waals surface area (Å²) in [5.74, 6) is 9.95. The van der Waals surface area contributed by atoms with Crippen LogP contribution in [0.3, 0.4) is 0 Å². The van der Waals surface area contributed by atoms with Gasteiger partial charge >= 0.3 is 0 Å². The van der Waals surface area contributed by atoms with E-state index in [-0.39, 0.29) is 0 Å². The summed E-state index contributed by atoms with van der Waals surface area (Å²) in [5.41, 5.74) is 5.63. The van der Waals surface area contributed by atoms with Crippen molar-refractivity contribution in [3.05, 3.63) is 156 Å². The summed E-state index contributed by atoms with van der Waals surface area (Å²) in [4.78, 5) is 0. The number of allylic oxidation sites excluding steroid dienone is 2. The molecule has 4 aromatic carbocycles. The van der Waals surface area contributed by atoms with Crippen LogP contribution in [0.4, 0.5) is 0 Å². The van der Waals surface area contributed by atoms with Gasteiger partial charge in [-0.1, -0.05) is 284 Å². The van der Waals surface area contributed by atoms with Crippen molar-refractivity contribution in [3.63, 3.8) is 0 Å². The fraction of sp³-hybridized carbons (Fsp3) is 0.548. The van der Waals surface area contributed by atoms with E-state index in [1.807, 2.05) is 12.1 Å². The van der Waals surface area contributed by atoms with Crippen molar-refractivity contribution < 1.29 is 0 Å².